The van der Waals surface area contributed by atoms with Crippen molar-refractivity contribution < 1.29 is 14.3 Å². The van der Waals surface area contributed by atoms with Crippen molar-refractivity contribution >= 4 is 21.9 Å². The molecule has 2 aromatic rings. The Hall–Kier alpha value is -1.68. The molecule has 4 heteroatoms. The lowest BCUT2D eigenvalue weighted by atomic mass is 9.76. The van der Waals surface area contributed by atoms with Crippen LogP contribution in [0.5, 0.6) is 0 Å². The first-order chi connectivity index (χ1) is 8.96. The van der Waals surface area contributed by atoms with Crippen LogP contribution in [0.15, 0.2) is 53.0 Å². The second-order valence-corrected chi connectivity index (χ2v) is 5.33. The molecule has 0 aliphatic heterocycles. The smallest absolute Gasteiger partial charge is 0.318 e. The van der Waals surface area contributed by atoms with E-state index in [1.165, 1.54) is 19.1 Å². The van der Waals surface area contributed by atoms with Gasteiger partial charge >= 0.3 is 5.97 Å². The lowest BCUT2D eigenvalue weighted by Crippen LogP contribution is -2.34. The highest BCUT2D eigenvalue weighted by atomic mass is 79.9. The Balaban J connectivity index is 2.65. The zero-order chi connectivity index (χ0) is 14.0. The predicted octanol–water partition coefficient (Wildman–Crippen LogP) is 3.98. The monoisotopic (exact) mass is 322 g/mol. The van der Waals surface area contributed by atoms with Crippen molar-refractivity contribution in [3.8, 4) is 0 Å². The summed E-state index contributed by atoms with van der Waals surface area (Å²) in [6.45, 7) is 1.51. The van der Waals surface area contributed by atoms with Crippen LogP contribution in [0.1, 0.15) is 18.1 Å². The van der Waals surface area contributed by atoms with Gasteiger partial charge in [-0.2, -0.15) is 0 Å². The molecule has 98 valence electrons. The standard InChI is InChI=1S/C15H12BrFO2/c1-15(14(18)19,10-6-8-11(16)9-7-10)12-4-2-3-5-13(12)17/h2-9H,1H3,(H,18,19). The van der Waals surface area contributed by atoms with Gasteiger partial charge in [0.15, 0.2) is 0 Å². The van der Waals surface area contributed by atoms with Gasteiger partial charge in [0.1, 0.15) is 11.2 Å². The number of carboxylic acids is 1. The topological polar surface area (TPSA) is 37.3 Å². The van der Waals surface area contributed by atoms with Crippen molar-refractivity contribution in [1.82, 2.24) is 0 Å². The predicted molar refractivity (Wildman–Crippen MR) is 74.6 cm³/mol. The zero-order valence-corrected chi connectivity index (χ0v) is 11.8. The second kappa shape index (κ2) is 5.13. The normalized spacial score (nSPS) is 13.8. The number of halogens is 2. The molecule has 0 aromatic heterocycles. The molecule has 0 radical (unpaired) electrons. The average Bonchev–Trinajstić information content (AvgIpc) is 2.39. The highest BCUT2D eigenvalue weighted by molar-refractivity contribution is 9.10. The van der Waals surface area contributed by atoms with Gasteiger partial charge in [-0.15, -0.1) is 0 Å². The Morgan fingerprint density at radius 1 is 1.16 bits per heavy atom. The molecular weight excluding hydrogens is 311 g/mol. The van der Waals surface area contributed by atoms with Crippen LogP contribution in [0.3, 0.4) is 0 Å². The number of carboxylic acid groups (broad SMARTS) is 1. The highest BCUT2D eigenvalue weighted by Crippen LogP contribution is 2.34. The van der Waals surface area contributed by atoms with Crippen LogP contribution in [-0.4, -0.2) is 11.1 Å². The first kappa shape index (κ1) is 13.7. The summed E-state index contributed by atoms with van der Waals surface area (Å²) >= 11 is 3.30. The van der Waals surface area contributed by atoms with Gasteiger partial charge in [0, 0.05) is 10.0 Å². The molecule has 2 rings (SSSR count). The fraction of sp³-hybridized carbons (Fsp3) is 0.133. The number of hydrogen-bond acceptors (Lipinski definition) is 1. The molecule has 0 spiro atoms. The van der Waals surface area contributed by atoms with Crippen molar-refractivity contribution in [1.29, 1.82) is 0 Å². The van der Waals surface area contributed by atoms with E-state index in [0.29, 0.717) is 5.56 Å². The molecule has 1 N–H and O–H groups in total. The molecule has 2 nitrogen and oxygen atoms in total. The van der Waals surface area contributed by atoms with Crippen molar-refractivity contribution in [2.45, 2.75) is 12.3 Å². The van der Waals surface area contributed by atoms with Crippen LogP contribution in [0.25, 0.3) is 0 Å². The molecule has 0 amide bonds. The maximum atomic E-state index is 13.9. The Morgan fingerprint density at radius 3 is 2.26 bits per heavy atom. The number of carbonyl (C=O) groups is 1. The number of hydrogen-bond donors (Lipinski definition) is 1. The Kier molecular flexibility index (Phi) is 3.71. The van der Waals surface area contributed by atoms with E-state index in [-0.39, 0.29) is 5.56 Å². The molecule has 0 saturated heterocycles. The molecule has 0 aliphatic carbocycles. The van der Waals surface area contributed by atoms with Gasteiger partial charge in [0.05, 0.1) is 0 Å². The van der Waals surface area contributed by atoms with Crippen LogP contribution in [0.4, 0.5) is 4.39 Å². The first-order valence-corrected chi connectivity index (χ1v) is 6.50. The van der Waals surface area contributed by atoms with E-state index in [9.17, 15) is 14.3 Å². The fourth-order valence-electron chi connectivity index (χ4n) is 2.04. The summed E-state index contributed by atoms with van der Waals surface area (Å²) in [4.78, 5) is 11.7. The van der Waals surface area contributed by atoms with Crippen LogP contribution < -0.4 is 0 Å². The fourth-order valence-corrected chi connectivity index (χ4v) is 2.31. The summed E-state index contributed by atoms with van der Waals surface area (Å²) < 4.78 is 14.8. The van der Waals surface area contributed by atoms with E-state index >= 15 is 0 Å². The maximum absolute atomic E-state index is 13.9. The summed E-state index contributed by atoms with van der Waals surface area (Å²) in [6, 6.07) is 12.8. The maximum Gasteiger partial charge on any atom is 0.318 e. The van der Waals surface area contributed by atoms with Crippen molar-refractivity contribution in [2.24, 2.45) is 0 Å². The van der Waals surface area contributed by atoms with Gasteiger partial charge in [0.25, 0.3) is 0 Å². The van der Waals surface area contributed by atoms with Crippen LogP contribution in [0.2, 0.25) is 0 Å². The third kappa shape index (κ3) is 2.40. The summed E-state index contributed by atoms with van der Waals surface area (Å²) in [5.74, 6) is -1.60. The van der Waals surface area contributed by atoms with Crippen molar-refractivity contribution in [3.63, 3.8) is 0 Å². The van der Waals surface area contributed by atoms with Gasteiger partial charge in [-0.05, 0) is 30.7 Å². The molecule has 0 bridgehead atoms. The third-order valence-corrected chi connectivity index (χ3v) is 3.79. The van der Waals surface area contributed by atoms with E-state index in [2.05, 4.69) is 15.9 Å². The zero-order valence-electron chi connectivity index (χ0n) is 10.2. The highest BCUT2D eigenvalue weighted by Gasteiger charge is 2.39. The van der Waals surface area contributed by atoms with E-state index in [1.807, 2.05) is 0 Å². The van der Waals surface area contributed by atoms with Gasteiger partial charge in [-0.25, -0.2) is 4.39 Å². The molecule has 0 aliphatic rings. The molecule has 0 saturated carbocycles. The molecule has 2 aromatic carbocycles. The van der Waals surface area contributed by atoms with E-state index in [4.69, 9.17) is 0 Å². The van der Waals surface area contributed by atoms with Gasteiger partial charge in [0.2, 0.25) is 0 Å². The largest absolute Gasteiger partial charge is 0.480 e. The summed E-state index contributed by atoms with van der Waals surface area (Å²) in [5, 5.41) is 9.55. The molecule has 1 unspecified atom stereocenters. The van der Waals surface area contributed by atoms with Crippen LogP contribution in [-0.2, 0) is 10.2 Å². The minimum atomic E-state index is -1.41. The quantitative estimate of drug-likeness (QED) is 0.928. The summed E-state index contributed by atoms with van der Waals surface area (Å²) in [6.07, 6.45) is 0. The molecule has 0 fully saturated rings. The number of benzene rings is 2. The van der Waals surface area contributed by atoms with Gasteiger partial charge in [-0.1, -0.05) is 46.3 Å². The summed E-state index contributed by atoms with van der Waals surface area (Å²) in [7, 11) is 0. The molecule has 1 atom stereocenters. The van der Waals surface area contributed by atoms with Crippen molar-refractivity contribution in [3.05, 3.63) is 69.9 Å². The Morgan fingerprint density at radius 2 is 1.74 bits per heavy atom. The average molecular weight is 323 g/mol. The van der Waals surface area contributed by atoms with Crippen molar-refractivity contribution in [2.75, 3.05) is 0 Å². The molecular formula is C15H12BrFO2. The third-order valence-electron chi connectivity index (χ3n) is 3.26. The van der Waals surface area contributed by atoms with Crippen LogP contribution in [0, 0.1) is 5.82 Å². The van der Waals surface area contributed by atoms with E-state index < -0.39 is 17.2 Å². The number of aliphatic carboxylic acids is 1. The minimum Gasteiger partial charge on any atom is -0.480 e. The Bertz CT molecular complexity index is 610. The first-order valence-electron chi connectivity index (χ1n) is 5.70. The Labute approximate surface area is 119 Å². The number of rotatable bonds is 3. The lowest BCUT2D eigenvalue weighted by molar-refractivity contribution is -0.141. The van der Waals surface area contributed by atoms with Crippen LogP contribution >= 0.6 is 15.9 Å². The van der Waals surface area contributed by atoms with Gasteiger partial charge in [-0.3, -0.25) is 4.79 Å². The van der Waals surface area contributed by atoms with E-state index in [0.717, 1.165) is 4.47 Å². The molecule has 19 heavy (non-hydrogen) atoms. The molecule has 0 heterocycles. The minimum absolute atomic E-state index is 0.157. The van der Waals surface area contributed by atoms with E-state index in [1.54, 1.807) is 36.4 Å². The summed E-state index contributed by atoms with van der Waals surface area (Å²) in [5.41, 5.74) is -0.718. The van der Waals surface area contributed by atoms with Gasteiger partial charge < -0.3 is 5.11 Å². The lowest BCUT2D eigenvalue weighted by Gasteiger charge is -2.26. The SMILES string of the molecule is CC(C(=O)O)(c1ccc(Br)cc1)c1ccccc1F. The second-order valence-electron chi connectivity index (χ2n) is 4.42.